The first-order chi connectivity index (χ1) is 9.26. The van der Waals surface area contributed by atoms with Crippen LogP contribution in [0.5, 0.6) is 0 Å². The molecule has 0 bridgehead atoms. The maximum Gasteiger partial charge on any atom is 0.226 e. The molecule has 0 aliphatic carbocycles. The summed E-state index contributed by atoms with van der Waals surface area (Å²) in [4.78, 5) is 10.9. The highest BCUT2D eigenvalue weighted by molar-refractivity contribution is 4.99. The Morgan fingerprint density at radius 1 is 1.26 bits per heavy atom. The predicted octanol–water partition coefficient (Wildman–Crippen LogP) is 1.66. The molecule has 0 N–H and O–H groups in total. The van der Waals surface area contributed by atoms with Crippen molar-refractivity contribution >= 4 is 0 Å². The van der Waals surface area contributed by atoms with Gasteiger partial charge in [0, 0.05) is 13.3 Å². The molecule has 0 unspecified atom stereocenters. The van der Waals surface area contributed by atoms with Gasteiger partial charge in [-0.05, 0) is 19.4 Å². The van der Waals surface area contributed by atoms with E-state index in [1.165, 1.54) is 0 Å². The Morgan fingerprint density at radius 3 is 2.84 bits per heavy atom. The topological polar surface area (TPSA) is 81.1 Å². The average Bonchev–Trinajstić information content (AvgIpc) is 3.10. The van der Waals surface area contributed by atoms with Crippen molar-refractivity contribution in [1.82, 2.24) is 25.2 Å². The van der Waals surface area contributed by atoms with Crippen LogP contribution in [0.25, 0.3) is 0 Å². The second kappa shape index (κ2) is 5.08. The minimum atomic E-state index is 0.195. The summed E-state index contributed by atoms with van der Waals surface area (Å²) in [5, 5.41) is 8.01. The van der Waals surface area contributed by atoms with Gasteiger partial charge in [-0.1, -0.05) is 17.2 Å². The molecule has 3 heterocycles. The monoisotopic (exact) mass is 263 g/mol. The van der Waals surface area contributed by atoms with Gasteiger partial charge in [-0.3, -0.25) is 4.90 Å². The maximum absolute atomic E-state index is 5.13. The van der Waals surface area contributed by atoms with E-state index >= 15 is 0 Å². The van der Waals surface area contributed by atoms with Crippen LogP contribution in [0.1, 0.15) is 49.2 Å². The van der Waals surface area contributed by atoms with E-state index in [-0.39, 0.29) is 6.04 Å². The first-order valence-corrected chi connectivity index (χ1v) is 6.62. The molecule has 0 radical (unpaired) electrons. The molecular formula is C12H17N5O2. The van der Waals surface area contributed by atoms with Crippen molar-refractivity contribution in [2.24, 2.45) is 0 Å². The van der Waals surface area contributed by atoms with Gasteiger partial charge in [0.1, 0.15) is 0 Å². The summed E-state index contributed by atoms with van der Waals surface area (Å²) >= 11 is 0. The molecule has 7 nitrogen and oxygen atoms in total. The summed E-state index contributed by atoms with van der Waals surface area (Å²) in [6.07, 6.45) is 2.93. The minimum absolute atomic E-state index is 0.195. The van der Waals surface area contributed by atoms with Gasteiger partial charge in [-0.25, -0.2) is 0 Å². The number of likely N-dealkylation sites (tertiary alicyclic amines) is 1. The third-order valence-corrected chi connectivity index (χ3v) is 3.36. The first kappa shape index (κ1) is 12.3. The normalized spacial score (nSPS) is 20.2. The van der Waals surface area contributed by atoms with Crippen LogP contribution in [0.4, 0.5) is 0 Å². The van der Waals surface area contributed by atoms with E-state index in [9.17, 15) is 0 Å². The molecule has 7 heteroatoms. The molecule has 1 fully saturated rings. The van der Waals surface area contributed by atoms with Crippen LogP contribution in [0, 0.1) is 6.92 Å². The van der Waals surface area contributed by atoms with Crippen molar-refractivity contribution in [3.8, 4) is 0 Å². The van der Waals surface area contributed by atoms with Gasteiger partial charge < -0.3 is 9.05 Å². The third kappa shape index (κ3) is 2.51. The van der Waals surface area contributed by atoms with E-state index in [1.54, 1.807) is 0 Å². The van der Waals surface area contributed by atoms with E-state index in [0.29, 0.717) is 18.3 Å². The van der Waals surface area contributed by atoms with Crippen LogP contribution in [-0.2, 0) is 13.0 Å². The molecule has 19 heavy (non-hydrogen) atoms. The number of aryl methyl sites for hydroxylation is 2. The molecule has 0 spiro atoms. The molecule has 1 aliphatic rings. The van der Waals surface area contributed by atoms with Crippen molar-refractivity contribution in [2.45, 2.75) is 45.7 Å². The molecule has 102 valence electrons. The quantitative estimate of drug-likeness (QED) is 0.829. The van der Waals surface area contributed by atoms with E-state index in [1.807, 2.05) is 13.8 Å². The van der Waals surface area contributed by atoms with Gasteiger partial charge in [0.25, 0.3) is 0 Å². The predicted molar refractivity (Wildman–Crippen MR) is 65.1 cm³/mol. The van der Waals surface area contributed by atoms with Crippen molar-refractivity contribution < 1.29 is 9.05 Å². The van der Waals surface area contributed by atoms with Crippen molar-refractivity contribution in [3.05, 3.63) is 23.4 Å². The number of nitrogens with zero attached hydrogens (tertiary/aromatic N) is 5. The average molecular weight is 263 g/mol. The lowest BCUT2D eigenvalue weighted by atomic mass is 10.2. The van der Waals surface area contributed by atoms with Crippen molar-refractivity contribution in [3.63, 3.8) is 0 Å². The fourth-order valence-corrected chi connectivity index (χ4v) is 2.44. The van der Waals surface area contributed by atoms with Crippen molar-refractivity contribution in [1.29, 1.82) is 0 Å². The largest absolute Gasteiger partial charge is 0.340 e. The summed E-state index contributed by atoms with van der Waals surface area (Å²) in [7, 11) is 0. The van der Waals surface area contributed by atoms with Gasteiger partial charge in [-0.2, -0.15) is 9.97 Å². The summed E-state index contributed by atoms with van der Waals surface area (Å²) < 4.78 is 10.2. The highest BCUT2D eigenvalue weighted by Crippen LogP contribution is 2.30. The summed E-state index contributed by atoms with van der Waals surface area (Å²) in [6.45, 7) is 5.47. The lowest BCUT2D eigenvalue weighted by molar-refractivity contribution is 0.225. The first-order valence-electron chi connectivity index (χ1n) is 6.62. The Morgan fingerprint density at radius 2 is 2.16 bits per heavy atom. The fraction of sp³-hybridized carbons (Fsp3) is 0.667. The van der Waals surface area contributed by atoms with Crippen LogP contribution in [0.2, 0.25) is 0 Å². The number of rotatable bonds is 4. The van der Waals surface area contributed by atoms with Crippen molar-refractivity contribution in [2.75, 3.05) is 6.54 Å². The molecule has 2 aromatic rings. The number of aromatic nitrogens is 4. The lowest BCUT2D eigenvalue weighted by Gasteiger charge is -2.19. The number of hydrogen-bond acceptors (Lipinski definition) is 7. The van der Waals surface area contributed by atoms with E-state index < -0.39 is 0 Å². The van der Waals surface area contributed by atoms with Crippen LogP contribution in [-0.4, -0.2) is 31.7 Å². The van der Waals surface area contributed by atoms with Crippen LogP contribution < -0.4 is 0 Å². The maximum atomic E-state index is 5.13. The highest BCUT2D eigenvalue weighted by atomic mass is 16.5. The SMILES string of the molecule is CCc1nc(CN2CCC[C@H]2c2noc(C)n2)no1. The smallest absolute Gasteiger partial charge is 0.226 e. The van der Waals surface area contributed by atoms with Gasteiger partial charge >= 0.3 is 0 Å². The Bertz CT molecular complexity index is 550. The Balaban J connectivity index is 1.72. The van der Waals surface area contributed by atoms with Gasteiger partial charge in [0.05, 0.1) is 12.6 Å². The second-order valence-corrected chi connectivity index (χ2v) is 4.76. The minimum Gasteiger partial charge on any atom is -0.340 e. The summed E-state index contributed by atoms with van der Waals surface area (Å²) in [5.74, 6) is 2.77. The van der Waals surface area contributed by atoms with Crippen LogP contribution in [0.15, 0.2) is 9.05 Å². The fourth-order valence-electron chi connectivity index (χ4n) is 2.44. The molecule has 0 aromatic carbocycles. The zero-order valence-electron chi connectivity index (χ0n) is 11.2. The van der Waals surface area contributed by atoms with Gasteiger partial charge in [-0.15, -0.1) is 0 Å². The molecule has 0 saturated carbocycles. The molecule has 1 aliphatic heterocycles. The molecule has 3 rings (SSSR count). The third-order valence-electron chi connectivity index (χ3n) is 3.36. The molecule has 2 aromatic heterocycles. The molecular weight excluding hydrogens is 246 g/mol. The van der Waals surface area contributed by atoms with E-state index in [4.69, 9.17) is 9.05 Å². The van der Waals surface area contributed by atoms with E-state index in [2.05, 4.69) is 25.2 Å². The summed E-state index contributed by atoms with van der Waals surface area (Å²) in [5.41, 5.74) is 0. The van der Waals surface area contributed by atoms with Gasteiger partial charge in [0.15, 0.2) is 11.6 Å². The molecule has 1 saturated heterocycles. The standard InChI is InChI=1S/C12H17N5O2/c1-3-11-14-10(15-19-11)7-17-6-4-5-9(17)12-13-8(2)18-16-12/h9H,3-7H2,1-2H3/t9-/m0/s1. The Labute approximate surface area is 111 Å². The van der Waals surface area contributed by atoms with Crippen LogP contribution >= 0.6 is 0 Å². The Kier molecular flexibility index (Phi) is 3.29. The van der Waals surface area contributed by atoms with Gasteiger partial charge in [0.2, 0.25) is 11.8 Å². The number of hydrogen-bond donors (Lipinski definition) is 0. The second-order valence-electron chi connectivity index (χ2n) is 4.76. The summed E-state index contributed by atoms with van der Waals surface area (Å²) in [6, 6.07) is 0.195. The van der Waals surface area contributed by atoms with Crippen LogP contribution in [0.3, 0.4) is 0 Å². The molecule has 1 atom stereocenters. The lowest BCUT2D eigenvalue weighted by Crippen LogP contribution is -2.24. The zero-order valence-corrected chi connectivity index (χ0v) is 11.2. The Hall–Kier alpha value is -1.76. The highest BCUT2D eigenvalue weighted by Gasteiger charge is 2.30. The molecule has 0 amide bonds. The zero-order chi connectivity index (χ0) is 13.2. The van der Waals surface area contributed by atoms with E-state index in [0.717, 1.165) is 37.5 Å².